The summed E-state index contributed by atoms with van der Waals surface area (Å²) in [6.07, 6.45) is 4.83. The van der Waals surface area contributed by atoms with Crippen LogP contribution in [-0.2, 0) is 6.61 Å². The molecule has 3 aromatic rings. The zero-order valence-corrected chi connectivity index (χ0v) is 13.6. The molecule has 0 bridgehead atoms. The minimum absolute atomic E-state index is 0.334. The summed E-state index contributed by atoms with van der Waals surface area (Å²) in [5, 5.41) is 14.9. The van der Waals surface area contributed by atoms with Gasteiger partial charge >= 0.3 is 0 Å². The first-order valence-electron chi connectivity index (χ1n) is 7.83. The van der Waals surface area contributed by atoms with E-state index in [4.69, 9.17) is 24.7 Å². The van der Waals surface area contributed by atoms with Crippen LogP contribution in [0.5, 0.6) is 17.2 Å². The minimum atomic E-state index is 0.334. The Morgan fingerprint density at radius 3 is 2.16 bits per heavy atom. The van der Waals surface area contributed by atoms with Gasteiger partial charge in [0.05, 0.1) is 12.5 Å². The van der Waals surface area contributed by atoms with E-state index < -0.39 is 0 Å². The Kier molecular flexibility index (Phi) is 5.26. The maximum Gasteiger partial charge on any atom is 0.127 e. The third-order valence-corrected chi connectivity index (χ3v) is 3.55. The van der Waals surface area contributed by atoms with Crippen LogP contribution in [0.1, 0.15) is 17.5 Å². The summed E-state index contributed by atoms with van der Waals surface area (Å²) in [5.74, 6) is 2.15. The van der Waals surface area contributed by atoms with E-state index in [0.29, 0.717) is 30.2 Å². The van der Waals surface area contributed by atoms with E-state index in [2.05, 4.69) is 0 Å². The molecule has 5 heteroatoms. The third kappa shape index (κ3) is 4.57. The molecule has 2 aromatic carbocycles. The molecule has 0 fully saturated rings. The van der Waals surface area contributed by atoms with Gasteiger partial charge in [-0.25, -0.2) is 0 Å². The van der Waals surface area contributed by atoms with Crippen molar-refractivity contribution in [3.8, 4) is 17.2 Å². The molecule has 0 saturated carbocycles. The van der Waals surface area contributed by atoms with Gasteiger partial charge in [0.15, 0.2) is 0 Å². The summed E-state index contributed by atoms with van der Waals surface area (Å²) in [6.45, 7) is 0.458. The maximum absolute atomic E-state index is 7.82. The summed E-state index contributed by atoms with van der Waals surface area (Å²) in [6, 6.07) is 16.5. The van der Waals surface area contributed by atoms with Gasteiger partial charge in [-0.2, -0.15) is 0 Å². The van der Waals surface area contributed by atoms with Gasteiger partial charge in [0, 0.05) is 23.9 Å². The molecule has 0 aliphatic carbocycles. The van der Waals surface area contributed by atoms with Gasteiger partial charge in [-0.05, 0) is 60.2 Å². The number of rotatable bonds is 8. The second-order valence-corrected chi connectivity index (χ2v) is 5.40. The maximum atomic E-state index is 7.82. The van der Waals surface area contributed by atoms with Crippen LogP contribution in [0, 0.1) is 10.8 Å². The molecule has 25 heavy (non-hydrogen) atoms. The Labute approximate surface area is 145 Å². The quantitative estimate of drug-likeness (QED) is 0.565. The van der Waals surface area contributed by atoms with Crippen LogP contribution in [0.3, 0.4) is 0 Å². The molecular weight excluding hydrogens is 316 g/mol. The molecule has 0 aliphatic rings. The van der Waals surface area contributed by atoms with Crippen molar-refractivity contribution in [2.45, 2.75) is 13.0 Å². The highest BCUT2D eigenvalue weighted by atomic mass is 16.5. The lowest BCUT2D eigenvalue weighted by atomic mass is 10.1. The molecule has 0 radical (unpaired) electrons. The SMILES string of the molecule is N=CCC(=N)c1ccc(Oc2ccc(OCc3ccoc3)cc2)cc1. The smallest absolute Gasteiger partial charge is 0.127 e. The van der Waals surface area contributed by atoms with Crippen molar-refractivity contribution in [2.24, 2.45) is 0 Å². The van der Waals surface area contributed by atoms with Crippen molar-refractivity contribution in [3.63, 3.8) is 0 Å². The van der Waals surface area contributed by atoms with Gasteiger partial charge in [-0.15, -0.1) is 0 Å². The highest BCUT2D eigenvalue weighted by molar-refractivity contribution is 6.04. The van der Waals surface area contributed by atoms with E-state index in [-0.39, 0.29) is 0 Å². The van der Waals surface area contributed by atoms with Gasteiger partial charge < -0.3 is 24.7 Å². The number of hydrogen-bond acceptors (Lipinski definition) is 5. The van der Waals surface area contributed by atoms with Gasteiger partial charge in [0.25, 0.3) is 0 Å². The molecule has 0 aliphatic heterocycles. The molecule has 126 valence electrons. The molecule has 2 N–H and O–H groups in total. The van der Waals surface area contributed by atoms with Crippen molar-refractivity contribution in [2.75, 3.05) is 0 Å². The lowest BCUT2D eigenvalue weighted by Gasteiger charge is -2.09. The molecule has 1 aromatic heterocycles. The second-order valence-electron chi connectivity index (χ2n) is 5.40. The van der Waals surface area contributed by atoms with E-state index in [9.17, 15) is 0 Å². The molecular formula is C20H18N2O3. The summed E-state index contributed by atoms with van der Waals surface area (Å²) in [7, 11) is 0. The van der Waals surface area contributed by atoms with Gasteiger partial charge in [-0.1, -0.05) is 0 Å². The number of hydrogen-bond donors (Lipinski definition) is 2. The molecule has 0 atom stereocenters. The monoisotopic (exact) mass is 334 g/mol. The van der Waals surface area contributed by atoms with E-state index in [1.165, 1.54) is 6.21 Å². The Morgan fingerprint density at radius 2 is 1.56 bits per heavy atom. The van der Waals surface area contributed by atoms with Crippen LogP contribution >= 0.6 is 0 Å². The zero-order valence-electron chi connectivity index (χ0n) is 13.6. The first-order chi connectivity index (χ1) is 12.2. The van der Waals surface area contributed by atoms with Crippen molar-refractivity contribution < 1.29 is 13.9 Å². The average molecular weight is 334 g/mol. The Morgan fingerprint density at radius 1 is 0.920 bits per heavy atom. The van der Waals surface area contributed by atoms with Crippen LogP contribution in [0.15, 0.2) is 71.5 Å². The van der Waals surface area contributed by atoms with E-state index in [0.717, 1.165) is 16.9 Å². The molecule has 1 heterocycles. The average Bonchev–Trinajstić information content (AvgIpc) is 3.15. The zero-order chi connectivity index (χ0) is 17.5. The Balaban J connectivity index is 1.57. The van der Waals surface area contributed by atoms with Gasteiger partial charge in [-0.3, -0.25) is 0 Å². The number of furan rings is 1. The fourth-order valence-electron chi connectivity index (χ4n) is 2.23. The van der Waals surface area contributed by atoms with Crippen LogP contribution in [-0.4, -0.2) is 11.9 Å². The van der Waals surface area contributed by atoms with Gasteiger partial charge in [0.1, 0.15) is 23.9 Å². The molecule has 0 amide bonds. The largest absolute Gasteiger partial charge is 0.489 e. The van der Waals surface area contributed by atoms with Crippen LogP contribution in [0.4, 0.5) is 0 Å². The molecule has 0 spiro atoms. The summed E-state index contributed by atoms with van der Waals surface area (Å²) >= 11 is 0. The fourth-order valence-corrected chi connectivity index (χ4v) is 2.23. The summed E-state index contributed by atoms with van der Waals surface area (Å²) < 4.78 is 16.5. The van der Waals surface area contributed by atoms with E-state index in [1.54, 1.807) is 12.5 Å². The normalized spacial score (nSPS) is 10.2. The Bertz CT molecular complexity index is 822. The Hall–Kier alpha value is -3.34. The standard InChI is InChI=1S/C20H18N2O3/c21-11-9-20(22)16-1-3-18(4-2-16)25-19-7-5-17(6-8-19)24-14-15-10-12-23-13-15/h1-8,10-13,21-22H,9,14H2. The lowest BCUT2D eigenvalue weighted by Crippen LogP contribution is -1.98. The highest BCUT2D eigenvalue weighted by Crippen LogP contribution is 2.24. The van der Waals surface area contributed by atoms with E-state index in [1.807, 2.05) is 54.6 Å². The third-order valence-electron chi connectivity index (χ3n) is 3.55. The second kappa shape index (κ2) is 7.97. The minimum Gasteiger partial charge on any atom is -0.489 e. The number of nitrogens with one attached hydrogen (secondary N) is 2. The topological polar surface area (TPSA) is 79.3 Å². The fraction of sp³-hybridized carbons (Fsp3) is 0.100. The molecule has 0 unspecified atom stereocenters. The summed E-state index contributed by atoms with van der Waals surface area (Å²) in [4.78, 5) is 0. The molecule has 0 saturated heterocycles. The van der Waals surface area contributed by atoms with Crippen LogP contribution in [0.25, 0.3) is 0 Å². The van der Waals surface area contributed by atoms with Crippen LogP contribution < -0.4 is 9.47 Å². The van der Waals surface area contributed by atoms with Crippen molar-refractivity contribution in [1.82, 2.24) is 0 Å². The molecule has 3 rings (SSSR count). The number of ether oxygens (including phenoxy) is 2. The van der Waals surface area contributed by atoms with E-state index >= 15 is 0 Å². The lowest BCUT2D eigenvalue weighted by molar-refractivity contribution is 0.304. The van der Waals surface area contributed by atoms with Crippen molar-refractivity contribution in [3.05, 3.63) is 78.3 Å². The first-order valence-corrected chi connectivity index (χ1v) is 7.83. The predicted molar refractivity (Wildman–Crippen MR) is 96.2 cm³/mol. The van der Waals surface area contributed by atoms with Crippen molar-refractivity contribution >= 4 is 11.9 Å². The predicted octanol–water partition coefficient (Wildman–Crippen LogP) is 5.06. The molecule has 5 nitrogen and oxygen atoms in total. The van der Waals surface area contributed by atoms with Gasteiger partial charge in [0.2, 0.25) is 0 Å². The number of benzene rings is 2. The van der Waals surface area contributed by atoms with Crippen molar-refractivity contribution in [1.29, 1.82) is 10.8 Å². The first kappa shape index (κ1) is 16.5. The highest BCUT2D eigenvalue weighted by Gasteiger charge is 2.03. The summed E-state index contributed by atoms with van der Waals surface area (Å²) in [5.41, 5.74) is 2.19. The van der Waals surface area contributed by atoms with Crippen LogP contribution in [0.2, 0.25) is 0 Å².